The lowest BCUT2D eigenvalue weighted by molar-refractivity contribution is -0.114. The number of carbonyl (C=O) groups is 1. The predicted molar refractivity (Wildman–Crippen MR) is 77.7 cm³/mol. The monoisotopic (exact) mass is 283 g/mol. The first-order valence-electron chi connectivity index (χ1n) is 6.07. The second-order valence-corrected chi connectivity index (χ2v) is 5.67. The van der Waals surface area contributed by atoms with Gasteiger partial charge in [0.25, 0.3) is 0 Å². The van der Waals surface area contributed by atoms with Crippen LogP contribution in [0.15, 0.2) is 17.2 Å². The number of ketones is 1. The van der Waals surface area contributed by atoms with E-state index in [1.807, 2.05) is 26.1 Å². The molecule has 0 saturated carbocycles. The van der Waals surface area contributed by atoms with Gasteiger partial charge in [0.1, 0.15) is 23.6 Å². The molecule has 2 aromatic rings. The number of hydrogen-bond acceptors (Lipinski definition) is 4. The number of aromatic nitrogens is 1. The first kappa shape index (κ1) is 14.2. The van der Waals surface area contributed by atoms with Gasteiger partial charge in [0.2, 0.25) is 0 Å². The van der Waals surface area contributed by atoms with Crippen molar-refractivity contribution in [1.29, 1.82) is 10.5 Å². The maximum absolute atomic E-state index is 11.2. The van der Waals surface area contributed by atoms with E-state index >= 15 is 0 Å². The summed E-state index contributed by atoms with van der Waals surface area (Å²) >= 11 is 1.26. The minimum atomic E-state index is 0.0194. The Bertz CT molecular complexity index is 790. The van der Waals surface area contributed by atoms with E-state index in [-0.39, 0.29) is 11.5 Å². The number of hydrogen-bond donors (Lipinski definition) is 0. The van der Waals surface area contributed by atoms with Crippen LogP contribution in [0.5, 0.6) is 0 Å². The average Bonchev–Trinajstić information content (AvgIpc) is 2.68. The Kier molecular flexibility index (Phi) is 3.83. The van der Waals surface area contributed by atoms with E-state index < -0.39 is 0 Å². The van der Waals surface area contributed by atoms with Gasteiger partial charge >= 0.3 is 0 Å². The summed E-state index contributed by atoms with van der Waals surface area (Å²) < 4.78 is 1.76. The Morgan fingerprint density at radius 1 is 1.35 bits per heavy atom. The van der Waals surface area contributed by atoms with Crippen molar-refractivity contribution < 1.29 is 4.79 Å². The number of nitrogens with zero attached hydrogens (tertiary/aromatic N) is 3. The van der Waals surface area contributed by atoms with Crippen molar-refractivity contribution in [3.63, 3.8) is 0 Å². The number of carbonyl (C=O) groups excluding carboxylic acids is 1. The fourth-order valence-corrected chi connectivity index (χ4v) is 3.17. The molecular formula is C15H13N3OS. The van der Waals surface area contributed by atoms with Gasteiger partial charge in [-0.05, 0) is 31.9 Å². The molecule has 2 heterocycles. The average molecular weight is 283 g/mol. The van der Waals surface area contributed by atoms with Crippen LogP contribution in [0, 0.1) is 36.5 Å². The Morgan fingerprint density at radius 3 is 2.60 bits per heavy atom. The fourth-order valence-electron chi connectivity index (χ4n) is 2.26. The molecule has 5 heteroatoms. The highest BCUT2D eigenvalue weighted by molar-refractivity contribution is 8.00. The maximum Gasteiger partial charge on any atom is 0.140 e. The Labute approximate surface area is 121 Å². The summed E-state index contributed by atoms with van der Waals surface area (Å²) in [6.45, 7) is 5.36. The van der Waals surface area contributed by atoms with Gasteiger partial charge < -0.3 is 4.40 Å². The Morgan fingerprint density at radius 2 is 2.05 bits per heavy atom. The highest BCUT2D eigenvalue weighted by Gasteiger charge is 2.20. The van der Waals surface area contributed by atoms with Crippen LogP contribution >= 0.6 is 11.8 Å². The van der Waals surface area contributed by atoms with Crippen molar-refractivity contribution in [2.45, 2.75) is 25.7 Å². The lowest BCUT2D eigenvalue weighted by Crippen LogP contribution is -1.94. The van der Waals surface area contributed by atoms with Gasteiger partial charge in [0, 0.05) is 6.20 Å². The van der Waals surface area contributed by atoms with Crippen molar-refractivity contribution in [3.05, 3.63) is 34.6 Å². The molecule has 0 radical (unpaired) electrons. The molecule has 0 fully saturated rings. The number of Topliss-reactive ketones (excluding diaryl/α,β-unsaturated/α-hetero) is 1. The Balaban J connectivity index is 2.80. The van der Waals surface area contributed by atoms with E-state index in [2.05, 4.69) is 12.1 Å². The molecule has 0 aliphatic heterocycles. The molecule has 2 rings (SSSR count). The molecule has 0 bridgehead atoms. The van der Waals surface area contributed by atoms with Crippen molar-refractivity contribution in [2.75, 3.05) is 5.75 Å². The minimum absolute atomic E-state index is 0.0194. The first-order chi connectivity index (χ1) is 9.49. The van der Waals surface area contributed by atoms with Crippen LogP contribution in [0.2, 0.25) is 0 Å². The van der Waals surface area contributed by atoms with Gasteiger partial charge in [0.05, 0.1) is 21.7 Å². The molecule has 0 aliphatic rings. The van der Waals surface area contributed by atoms with Crippen LogP contribution in [0.25, 0.3) is 5.52 Å². The molecule has 2 aromatic heterocycles. The van der Waals surface area contributed by atoms with Crippen LogP contribution in [0.3, 0.4) is 0 Å². The molecule has 0 spiro atoms. The second kappa shape index (κ2) is 5.40. The standard InChI is InChI=1S/C15H13N3OS/c1-9-4-10(2)14-12(5-16)15(20-8-11(3)19)13(6-17)18(14)7-9/h4,7H,8H2,1-3H3. The Hall–Kier alpha value is -2.24. The van der Waals surface area contributed by atoms with E-state index in [0.29, 0.717) is 16.2 Å². The minimum Gasteiger partial charge on any atom is -0.305 e. The summed E-state index contributed by atoms with van der Waals surface area (Å²) in [7, 11) is 0. The largest absolute Gasteiger partial charge is 0.305 e. The normalized spacial score (nSPS) is 10.2. The van der Waals surface area contributed by atoms with Gasteiger partial charge in [-0.25, -0.2) is 0 Å². The number of nitriles is 2. The van der Waals surface area contributed by atoms with Gasteiger partial charge in [-0.2, -0.15) is 10.5 Å². The lowest BCUT2D eigenvalue weighted by Gasteiger charge is -2.02. The van der Waals surface area contributed by atoms with Crippen LogP contribution in [-0.4, -0.2) is 15.9 Å². The van der Waals surface area contributed by atoms with Crippen molar-refractivity contribution in [3.8, 4) is 12.1 Å². The summed E-state index contributed by atoms with van der Waals surface area (Å²) in [5, 5.41) is 18.8. The number of fused-ring (bicyclic) bond motifs is 1. The number of aryl methyl sites for hydroxylation is 2. The van der Waals surface area contributed by atoms with Crippen LogP contribution in [0.4, 0.5) is 0 Å². The topological polar surface area (TPSA) is 69.1 Å². The van der Waals surface area contributed by atoms with Crippen LogP contribution < -0.4 is 0 Å². The molecule has 0 aromatic carbocycles. The molecule has 0 amide bonds. The molecule has 0 saturated heterocycles. The SMILES string of the molecule is CC(=O)CSc1c(C#N)c2c(C)cc(C)cn2c1C#N. The van der Waals surface area contributed by atoms with Crippen molar-refractivity contribution in [1.82, 2.24) is 4.40 Å². The molecule has 100 valence electrons. The van der Waals surface area contributed by atoms with Crippen molar-refractivity contribution >= 4 is 23.1 Å². The quantitative estimate of drug-likeness (QED) is 0.812. The highest BCUT2D eigenvalue weighted by atomic mass is 32.2. The molecule has 0 aliphatic carbocycles. The third-order valence-corrected chi connectivity index (χ3v) is 4.19. The highest BCUT2D eigenvalue weighted by Crippen LogP contribution is 2.33. The second-order valence-electron chi connectivity index (χ2n) is 4.69. The third kappa shape index (κ3) is 2.29. The summed E-state index contributed by atoms with van der Waals surface area (Å²) in [4.78, 5) is 11.8. The molecule has 0 unspecified atom stereocenters. The smallest absolute Gasteiger partial charge is 0.140 e. The zero-order valence-corrected chi connectivity index (χ0v) is 12.3. The lowest BCUT2D eigenvalue weighted by atomic mass is 10.1. The summed E-state index contributed by atoms with van der Waals surface area (Å²) in [5.41, 5.74) is 3.63. The third-order valence-electron chi connectivity index (χ3n) is 2.95. The number of pyridine rings is 1. The molecular weight excluding hydrogens is 270 g/mol. The van der Waals surface area contributed by atoms with E-state index in [0.717, 1.165) is 16.6 Å². The van der Waals surface area contributed by atoms with Crippen molar-refractivity contribution in [2.24, 2.45) is 0 Å². The molecule has 20 heavy (non-hydrogen) atoms. The van der Waals surface area contributed by atoms with Gasteiger partial charge in [-0.15, -0.1) is 11.8 Å². The van der Waals surface area contributed by atoms with Crippen LogP contribution in [0.1, 0.15) is 29.3 Å². The van der Waals surface area contributed by atoms with Crippen LogP contribution in [-0.2, 0) is 4.79 Å². The van der Waals surface area contributed by atoms with E-state index in [1.54, 1.807) is 4.40 Å². The summed E-state index contributed by atoms with van der Waals surface area (Å²) in [6.07, 6.45) is 1.85. The maximum atomic E-state index is 11.2. The zero-order valence-electron chi connectivity index (χ0n) is 11.5. The van der Waals surface area contributed by atoms with Gasteiger partial charge in [-0.3, -0.25) is 4.79 Å². The molecule has 4 nitrogen and oxygen atoms in total. The van der Waals surface area contributed by atoms with Gasteiger partial charge in [-0.1, -0.05) is 6.07 Å². The summed E-state index contributed by atoms with van der Waals surface area (Å²) in [6, 6.07) is 6.31. The zero-order chi connectivity index (χ0) is 14.9. The number of thioether (sulfide) groups is 1. The van der Waals surface area contributed by atoms with E-state index in [4.69, 9.17) is 0 Å². The number of rotatable bonds is 3. The fraction of sp³-hybridized carbons (Fsp3) is 0.267. The van der Waals surface area contributed by atoms with Gasteiger partial charge in [0.15, 0.2) is 0 Å². The molecule has 0 N–H and O–H groups in total. The van der Waals surface area contributed by atoms with E-state index in [1.165, 1.54) is 18.7 Å². The van der Waals surface area contributed by atoms with E-state index in [9.17, 15) is 15.3 Å². The summed E-state index contributed by atoms with van der Waals surface area (Å²) in [5.74, 6) is 0.282. The molecule has 0 atom stereocenters. The first-order valence-corrected chi connectivity index (χ1v) is 7.05. The predicted octanol–water partition coefficient (Wildman–Crippen LogP) is 2.98.